The number of rotatable bonds is 5. The van der Waals surface area contributed by atoms with Gasteiger partial charge in [-0.1, -0.05) is 0 Å². The molecule has 0 saturated carbocycles. The van der Waals surface area contributed by atoms with E-state index in [4.69, 9.17) is 0 Å². The summed E-state index contributed by atoms with van der Waals surface area (Å²) in [4.78, 5) is 14.6. The fraction of sp³-hybridized carbons (Fsp3) is 0.316. The number of hydrogen-bond donors (Lipinski definition) is 0. The molecule has 3 heterocycles. The van der Waals surface area contributed by atoms with Gasteiger partial charge in [-0.25, -0.2) is 23.4 Å². The molecule has 13 heteroatoms. The summed E-state index contributed by atoms with van der Waals surface area (Å²) in [6, 6.07) is 5.98. The Morgan fingerprint density at radius 1 is 0.969 bits per heavy atom. The molecule has 2 aromatic heterocycles. The smallest absolute Gasteiger partial charge is 0.406 e. The molecule has 170 valence electrons. The van der Waals surface area contributed by atoms with Crippen LogP contribution >= 0.6 is 0 Å². The minimum Gasteiger partial charge on any atom is -0.406 e. The minimum absolute atomic E-state index is 0.0969. The number of aryl methyl sites for hydroxylation is 1. The summed E-state index contributed by atoms with van der Waals surface area (Å²) >= 11 is 0. The molecule has 0 spiro atoms. The van der Waals surface area contributed by atoms with Gasteiger partial charge in [-0.3, -0.25) is 4.57 Å². The van der Waals surface area contributed by atoms with E-state index in [9.17, 15) is 21.6 Å². The molecular weight excluding hydrogens is 449 g/mol. The number of hydrogen-bond acceptors (Lipinski definition) is 7. The van der Waals surface area contributed by atoms with Gasteiger partial charge in [0.25, 0.3) is 0 Å². The molecular formula is C19H19F3N6O3S. The molecule has 0 amide bonds. The van der Waals surface area contributed by atoms with Gasteiger partial charge in [-0.05, 0) is 31.2 Å². The molecule has 1 aromatic carbocycles. The average molecular weight is 468 g/mol. The summed E-state index contributed by atoms with van der Waals surface area (Å²) in [5.74, 6) is 1.61. The molecule has 0 unspecified atom stereocenters. The van der Waals surface area contributed by atoms with Crippen LogP contribution in [0.5, 0.6) is 5.75 Å². The zero-order valence-electron chi connectivity index (χ0n) is 16.9. The van der Waals surface area contributed by atoms with Gasteiger partial charge in [0.15, 0.2) is 0 Å². The molecule has 4 rings (SSSR count). The number of benzene rings is 1. The number of imidazole rings is 1. The largest absolute Gasteiger partial charge is 0.573 e. The van der Waals surface area contributed by atoms with E-state index in [1.54, 1.807) is 18.5 Å². The zero-order valence-corrected chi connectivity index (χ0v) is 17.7. The van der Waals surface area contributed by atoms with Gasteiger partial charge in [0, 0.05) is 44.6 Å². The molecule has 1 aliphatic rings. The number of anilines is 1. The van der Waals surface area contributed by atoms with Crippen LogP contribution in [0, 0.1) is 6.92 Å². The van der Waals surface area contributed by atoms with Gasteiger partial charge in [0.1, 0.15) is 29.5 Å². The van der Waals surface area contributed by atoms with E-state index in [1.807, 2.05) is 16.4 Å². The number of halogens is 3. The average Bonchev–Trinajstić information content (AvgIpc) is 3.19. The van der Waals surface area contributed by atoms with Crippen LogP contribution in [0.4, 0.5) is 19.0 Å². The third-order valence-corrected chi connectivity index (χ3v) is 6.88. The fourth-order valence-corrected chi connectivity index (χ4v) is 4.80. The van der Waals surface area contributed by atoms with E-state index in [0.29, 0.717) is 24.7 Å². The first-order valence-electron chi connectivity index (χ1n) is 9.57. The summed E-state index contributed by atoms with van der Waals surface area (Å²) in [7, 11) is -3.85. The van der Waals surface area contributed by atoms with E-state index < -0.39 is 22.1 Å². The van der Waals surface area contributed by atoms with E-state index in [-0.39, 0.29) is 18.0 Å². The fourth-order valence-electron chi connectivity index (χ4n) is 3.38. The maximum Gasteiger partial charge on any atom is 0.573 e. The summed E-state index contributed by atoms with van der Waals surface area (Å²) < 4.78 is 69.6. The summed E-state index contributed by atoms with van der Waals surface area (Å²) in [5.41, 5.74) is 0. The molecule has 9 nitrogen and oxygen atoms in total. The van der Waals surface area contributed by atoms with E-state index >= 15 is 0 Å². The maximum absolute atomic E-state index is 12.9. The first kappa shape index (κ1) is 22.0. The molecule has 0 N–H and O–H groups in total. The van der Waals surface area contributed by atoms with Crippen molar-refractivity contribution in [2.45, 2.75) is 18.2 Å². The second-order valence-corrected chi connectivity index (χ2v) is 8.93. The van der Waals surface area contributed by atoms with Crippen LogP contribution in [0.1, 0.15) is 5.82 Å². The van der Waals surface area contributed by atoms with E-state index in [0.717, 1.165) is 30.1 Å². The van der Waals surface area contributed by atoms with Gasteiger partial charge < -0.3 is 9.64 Å². The lowest BCUT2D eigenvalue weighted by molar-refractivity contribution is -0.274. The highest BCUT2D eigenvalue weighted by Crippen LogP contribution is 2.26. The number of alkyl halides is 3. The Balaban J connectivity index is 1.44. The Bertz CT molecular complexity index is 1190. The predicted molar refractivity (Wildman–Crippen MR) is 108 cm³/mol. The highest BCUT2D eigenvalue weighted by molar-refractivity contribution is 7.89. The lowest BCUT2D eigenvalue weighted by atomic mass is 10.3. The number of ether oxygens (including phenoxy) is 1. The number of sulfonamides is 1. The Labute approximate surface area is 182 Å². The topological polar surface area (TPSA) is 93.5 Å². The number of aromatic nitrogens is 4. The van der Waals surface area contributed by atoms with Crippen LogP contribution < -0.4 is 9.64 Å². The summed E-state index contributed by atoms with van der Waals surface area (Å²) in [5, 5.41) is 0. The van der Waals surface area contributed by atoms with Crippen LogP contribution in [0.2, 0.25) is 0 Å². The van der Waals surface area contributed by atoms with Crippen LogP contribution in [-0.2, 0) is 10.0 Å². The van der Waals surface area contributed by atoms with Crippen molar-refractivity contribution in [3.05, 3.63) is 54.9 Å². The second kappa shape index (κ2) is 8.39. The Morgan fingerprint density at radius 2 is 1.62 bits per heavy atom. The van der Waals surface area contributed by atoms with Crippen LogP contribution in [-0.4, -0.2) is 64.8 Å². The van der Waals surface area contributed by atoms with Crippen molar-refractivity contribution in [1.29, 1.82) is 0 Å². The molecule has 0 aliphatic carbocycles. The van der Waals surface area contributed by atoms with E-state index in [1.165, 1.54) is 10.6 Å². The zero-order chi connectivity index (χ0) is 22.9. The van der Waals surface area contributed by atoms with Gasteiger partial charge in [-0.2, -0.15) is 4.31 Å². The standard InChI is InChI=1S/C19H19F3N6O3S/c1-14-23-6-7-28(14)18-12-17(24-13-25-18)26-8-10-27(11-9-26)32(29,30)16-4-2-15(3-5-16)31-19(20,21)22/h2-7,12-13H,8-11H2,1H3. The first-order valence-corrected chi connectivity index (χ1v) is 11.0. The van der Waals surface area contributed by atoms with Crippen molar-refractivity contribution in [3.63, 3.8) is 0 Å². The highest BCUT2D eigenvalue weighted by atomic mass is 32.2. The van der Waals surface area contributed by atoms with Crippen molar-refractivity contribution in [2.75, 3.05) is 31.1 Å². The molecule has 0 bridgehead atoms. The first-order chi connectivity index (χ1) is 15.1. The molecule has 1 fully saturated rings. The van der Waals surface area contributed by atoms with Crippen LogP contribution in [0.15, 0.2) is 53.9 Å². The Kier molecular flexibility index (Phi) is 5.77. The minimum atomic E-state index is -4.84. The molecule has 32 heavy (non-hydrogen) atoms. The lowest BCUT2D eigenvalue weighted by Crippen LogP contribution is -2.48. The third-order valence-electron chi connectivity index (χ3n) is 4.97. The van der Waals surface area contributed by atoms with Gasteiger partial charge in [0.2, 0.25) is 10.0 Å². The molecule has 1 aliphatic heterocycles. The number of piperazine rings is 1. The van der Waals surface area contributed by atoms with Crippen molar-refractivity contribution in [3.8, 4) is 11.6 Å². The van der Waals surface area contributed by atoms with E-state index in [2.05, 4.69) is 19.7 Å². The molecule has 0 radical (unpaired) electrons. The maximum atomic E-state index is 12.9. The van der Waals surface area contributed by atoms with Crippen molar-refractivity contribution >= 4 is 15.8 Å². The van der Waals surface area contributed by atoms with Gasteiger partial charge >= 0.3 is 6.36 Å². The summed E-state index contributed by atoms with van der Waals surface area (Å²) in [6.45, 7) is 3.05. The van der Waals surface area contributed by atoms with Crippen molar-refractivity contribution in [1.82, 2.24) is 23.8 Å². The molecule has 0 atom stereocenters. The summed E-state index contributed by atoms with van der Waals surface area (Å²) in [6.07, 6.45) is 0.0610. The van der Waals surface area contributed by atoms with Crippen LogP contribution in [0.25, 0.3) is 5.82 Å². The SMILES string of the molecule is Cc1nccn1-c1cc(N2CCN(S(=O)(=O)c3ccc(OC(F)(F)F)cc3)CC2)ncn1. The predicted octanol–water partition coefficient (Wildman–Crippen LogP) is 2.38. The Hall–Kier alpha value is -3.19. The molecule has 3 aromatic rings. The van der Waals surface area contributed by atoms with Crippen molar-refractivity contribution in [2.24, 2.45) is 0 Å². The molecule has 1 saturated heterocycles. The highest BCUT2D eigenvalue weighted by Gasteiger charge is 2.32. The monoisotopic (exact) mass is 468 g/mol. The van der Waals surface area contributed by atoms with Crippen molar-refractivity contribution < 1.29 is 26.3 Å². The quantitative estimate of drug-likeness (QED) is 0.568. The van der Waals surface area contributed by atoms with Gasteiger partial charge in [-0.15, -0.1) is 13.2 Å². The third kappa shape index (κ3) is 4.67. The lowest BCUT2D eigenvalue weighted by Gasteiger charge is -2.34. The van der Waals surface area contributed by atoms with Gasteiger partial charge in [0.05, 0.1) is 4.90 Å². The second-order valence-electron chi connectivity index (χ2n) is 6.99. The van der Waals surface area contributed by atoms with Crippen LogP contribution in [0.3, 0.4) is 0 Å². The Morgan fingerprint density at radius 3 is 2.22 bits per heavy atom. The number of nitrogens with zero attached hydrogens (tertiary/aromatic N) is 6. The normalized spacial score (nSPS) is 15.7.